The monoisotopic (exact) mass is 375 g/mol. The maximum atomic E-state index is 13.7. The highest BCUT2D eigenvalue weighted by molar-refractivity contribution is 5.54. The number of rotatable bonds is 7. The summed E-state index contributed by atoms with van der Waals surface area (Å²) in [6.45, 7) is 2.74. The molecular formula is C20H20F3N3O. The van der Waals surface area contributed by atoms with Crippen LogP contribution in [-0.4, -0.2) is 28.6 Å². The highest BCUT2D eigenvalue weighted by Gasteiger charge is 2.11. The van der Waals surface area contributed by atoms with Crippen molar-refractivity contribution >= 4 is 0 Å². The average molecular weight is 375 g/mol. The van der Waals surface area contributed by atoms with Gasteiger partial charge in [-0.15, -0.1) is 0 Å². The molecule has 3 aromatic rings. The summed E-state index contributed by atoms with van der Waals surface area (Å²) < 4.78 is 45.5. The summed E-state index contributed by atoms with van der Waals surface area (Å²) in [5.74, 6) is -0.625. The van der Waals surface area contributed by atoms with E-state index in [4.69, 9.17) is 4.52 Å². The van der Waals surface area contributed by atoms with Gasteiger partial charge < -0.3 is 9.42 Å². The molecule has 142 valence electrons. The molecule has 0 saturated heterocycles. The fourth-order valence-electron chi connectivity index (χ4n) is 2.73. The van der Waals surface area contributed by atoms with Crippen molar-refractivity contribution in [1.29, 1.82) is 0 Å². The molecule has 3 rings (SSSR count). The second-order valence-electron chi connectivity index (χ2n) is 6.55. The van der Waals surface area contributed by atoms with Gasteiger partial charge in [-0.05, 0) is 44.6 Å². The molecule has 0 amide bonds. The number of aryl methyl sites for hydroxylation is 2. The van der Waals surface area contributed by atoms with Gasteiger partial charge in [0.25, 0.3) is 0 Å². The second kappa shape index (κ2) is 8.35. The summed E-state index contributed by atoms with van der Waals surface area (Å²) in [6, 6.07) is 8.39. The standard InChI is InChI=1S/C20H20F3N3O/c1-13-5-6-14(10-17(13)22)20-24-19(27-25-20)4-3-9-26(2)12-15-7-8-16(21)11-18(15)23/h5-8,10-11H,3-4,9,12H2,1-2H3. The van der Waals surface area contributed by atoms with Gasteiger partial charge in [0.15, 0.2) is 0 Å². The molecule has 0 unspecified atom stereocenters. The molecule has 0 saturated carbocycles. The fraction of sp³-hybridized carbons (Fsp3) is 0.300. The first-order valence-corrected chi connectivity index (χ1v) is 8.64. The lowest BCUT2D eigenvalue weighted by molar-refractivity contribution is 0.305. The van der Waals surface area contributed by atoms with Crippen LogP contribution in [0.5, 0.6) is 0 Å². The summed E-state index contributed by atoms with van der Waals surface area (Å²) in [6.07, 6.45) is 1.28. The van der Waals surface area contributed by atoms with E-state index in [-0.39, 0.29) is 5.82 Å². The molecule has 0 aliphatic heterocycles. The first-order valence-electron chi connectivity index (χ1n) is 8.64. The molecule has 1 heterocycles. The average Bonchev–Trinajstić information content (AvgIpc) is 3.09. The number of hydrogen-bond donors (Lipinski definition) is 0. The molecular weight excluding hydrogens is 355 g/mol. The topological polar surface area (TPSA) is 42.2 Å². The summed E-state index contributed by atoms with van der Waals surface area (Å²) >= 11 is 0. The van der Waals surface area contributed by atoms with E-state index in [1.165, 1.54) is 18.2 Å². The van der Waals surface area contributed by atoms with Gasteiger partial charge in [-0.1, -0.05) is 23.4 Å². The lowest BCUT2D eigenvalue weighted by Gasteiger charge is -2.16. The van der Waals surface area contributed by atoms with Crippen LogP contribution in [0.1, 0.15) is 23.4 Å². The Balaban J connectivity index is 1.52. The molecule has 0 N–H and O–H groups in total. The Morgan fingerprint density at radius 1 is 1.04 bits per heavy atom. The van der Waals surface area contributed by atoms with Crippen molar-refractivity contribution in [2.24, 2.45) is 0 Å². The maximum Gasteiger partial charge on any atom is 0.227 e. The van der Waals surface area contributed by atoms with E-state index in [1.54, 1.807) is 19.1 Å². The Bertz CT molecular complexity index is 927. The third-order valence-electron chi connectivity index (χ3n) is 4.28. The van der Waals surface area contributed by atoms with E-state index in [1.807, 2.05) is 11.9 Å². The highest BCUT2D eigenvalue weighted by atomic mass is 19.1. The zero-order chi connectivity index (χ0) is 19.4. The van der Waals surface area contributed by atoms with Crippen LogP contribution in [0, 0.1) is 24.4 Å². The van der Waals surface area contributed by atoms with E-state index in [0.29, 0.717) is 47.9 Å². The number of aromatic nitrogens is 2. The molecule has 0 spiro atoms. The van der Waals surface area contributed by atoms with Crippen molar-refractivity contribution < 1.29 is 17.7 Å². The van der Waals surface area contributed by atoms with Gasteiger partial charge in [0.05, 0.1) is 0 Å². The fourth-order valence-corrected chi connectivity index (χ4v) is 2.73. The minimum Gasteiger partial charge on any atom is -0.339 e. The molecule has 0 aliphatic rings. The number of hydrogen-bond acceptors (Lipinski definition) is 4. The summed E-state index contributed by atoms with van der Waals surface area (Å²) in [5, 5.41) is 3.89. The maximum absolute atomic E-state index is 13.7. The van der Waals surface area contributed by atoms with Crippen LogP contribution in [0.15, 0.2) is 40.9 Å². The van der Waals surface area contributed by atoms with E-state index in [9.17, 15) is 13.2 Å². The van der Waals surface area contributed by atoms with E-state index < -0.39 is 11.6 Å². The predicted molar refractivity (Wildman–Crippen MR) is 95.4 cm³/mol. The zero-order valence-electron chi connectivity index (χ0n) is 15.2. The molecule has 1 aromatic heterocycles. The lowest BCUT2D eigenvalue weighted by Crippen LogP contribution is -2.20. The Kier molecular flexibility index (Phi) is 5.91. The summed E-state index contributed by atoms with van der Waals surface area (Å²) in [5.41, 5.74) is 1.57. The van der Waals surface area contributed by atoms with Gasteiger partial charge in [0.1, 0.15) is 17.5 Å². The largest absolute Gasteiger partial charge is 0.339 e. The molecule has 0 bridgehead atoms. The van der Waals surface area contributed by atoms with Gasteiger partial charge in [-0.3, -0.25) is 0 Å². The van der Waals surface area contributed by atoms with Gasteiger partial charge in [-0.25, -0.2) is 13.2 Å². The molecule has 0 radical (unpaired) electrons. The van der Waals surface area contributed by atoms with Crippen LogP contribution >= 0.6 is 0 Å². The van der Waals surface area contributed by atoms with Crippen LogP contribution in [0.4, 0.5) is 13.2 Å². The lowest BCUT2D eigenvalue weighted by atomic mass is 10.1. The SMILES string of the molecule is Cc1ccc(-c2noc(CCCN(C)Cc3ccc(F)cc3F)n2)cc1F. The summed E-state index contributed by atoms with van der Waals surface area (Å²) in [4.78, 5) is 6.22. The molecule has 0 aliphatic carbocycles. The Morgan fingerprint density at radius 2 is 1.85 bits per heavy atom. The molecule has 4 nitrogen and oxygen atoms in total. The van der Waals surface area contributed by atoms with Crippen molar-refractivity contribution in [2.45, 2.75) is 26.3 Å². The Labute approximate surface area is 155 Å². The van der Waals surface area contributed by atoms with Crippen molar-refractivity contribution in [3.63, 3.8) is 0 Å². The summed E-state index contributed by atoms with van der Waals surface area (Å²) in [7, 11) is 1.86. The van der Waals surface area contributed by atoms with E-state index >= 15 is 0 Å². The minimum atomic E-state index is -0.584. The van der Waals surface area contributed by atoms with E-state index in [0.717, 1.165) is 12.5 Å². The first kappa shape index (κ1) is 19.1. The molecule has 0 fully saturated rings. The molecule has 27 heavy (non-hydrogen) atoms. The molecule has 0 atom stereocenters. The van der Waals surface area contributed by atoms with Gasteiger partial charge in [0.2, 0.25) is 11.7 Å². The van der Waals surface area contributed by atoms with Gasteiger partial charge in [-0.2, -0.15) is 4.98 Å². The third kappa shape index (κ3) is 4.95. The Morgan fingerprint density at radius 3 is 2.59 bits per heavy atom. The van der Waals surface area contributed by atoms with Crippen molar-refractivity contribution in [2.75, 3.05) is 13.6 Å². The van der Waals surface area contributed by atoms with Crippen LogP contribution < -0.4 is 0 Å². The molecule has 7 heteroatoms. The van der Waals surface area contributed by atoms with Crippen molar-refractivity contribution in [3.8, 4) is 11.4 Å². The van der Waals surface area contributed by atoms with Gasteiger partial charge in [0, 0.05) is 30.2 Å². The van der Waals surface area contributed by atoms with E-state index in [2.05, 4.69) is 10.1 Å². The quantitative estimate of drug-likeness (QED) is 0.609. The molecule has 2 aromatic carbocycles. The number of benzene rings is 2. The number of halogens is 3. The van der Waals surface area contributed by atoms with Crippen LogP contribution in [0.2, 0.25) is 0 Å². The first-order chi connectivity index (χ1) is 12.9. The highest BCUT2D eigenvalue weighted by Crippen LogP contribution is 2.19. The van der Waals surface area contributed by atoms with Crippen molar-refractivity contribution in [1.82, 2.24) is 15.0 Å². The van der Waals surface area contributed by atoms with Crippen LogP contribution in [-0.2, 0) is 13.0 Å². The second-order valence-corrected chi connectivity index (χ2v) is 6.55. The third-order valence-corrected chi connectivity index (χ3v) is 4.28. The van der Waals surface area contributed by atoms with Crippen LogP contribution in [0.3, 0.4) is 0 Å². The minimum absolute atomic E-state index is 0.312. The zero-order valence-corrected chi connectivity index (χ0v) is 15.2. The normalized spacial score (nSPS) is 11.3. The smallest absolute Gasteiger partial charge is 0.227 e. The van der Waals surface area contributed by atoms with Crippen molar-refractivity contribution in [3.05, 3.63) is 70.9 Å². The predicted octanol–water partition coefficient (Wildman–Crippen LogP) is 4.53. The van der Waals surface area contributed by atoms with Crippen LogP contribution in [0.25, 0.3) is 11.4 Å². The Hall–Kier alpha value is -2.67. The number of nitrogens with zero attached hydrogens (tertiary/aromatic N) is 3. The van der Waals surface area contributed by atoms with Gasteiger partial charge >= 0.3 is 0 Å².